The summed E-state index contributed by atoms with van der Waals surface area (Å²) in [7, 11) is 0. The van der Waals surface area contributed by atoms with Crippen molar-refractivity contribution < 1.29 is 0 Å². The van der Waals surface area contributed by atoms with E-state index in [4.69, 9.17) is 15.0 Å². The minimum atomic E-state index is 0.592. The van der Waals surface area contributed by atoms with E-state index in [1.54, 1.807) is 0 Å². The highest BCUT2D eigenvalue weighted by Crippen LogP contribution is 2.51. The van der Waals surface area contributed by atoms with Crippen LogP contribution in [-0.2, 0) is 0 Å². The van der Waals surface area contributed by atoms with Crippen molar-refractivity contribution in [3.63, 3.8) is 0 Å². The van der Waals surface area contributed by atoms with E-state index >= 15 is 0 Å². The van der Waals surface area contributed by atoms with Crippen LogP contribution in [0.4, 0.5) is 0 Å². The van der Waals surface area contributed by atoms with Gasteiger partial charge in [-0.05, 0) is 96.1 Å². The predicted molar refractivity (Wildman–Crippen MR) is 274 cm³/mol. The summed E-state index contributed by atoms with van der Waals surface area (Å²) >= 11 is 0. The maximum Gasteiger partial charge on any atom is 0.164 e. The highest BCUT2D eigenvalue weighted by molar-refractivity contribution is 6.08. The van der Waals surface area contributed by atoms with Gasteiger partial charge in [0.2, 0.25) is 0 Å². The summed E-state index contributed by atoms with van der Waals surface area (Å²) in [5, 5.41) is 0. The first kappa shape index (κ1) is 40.0. The molecule has 0 aliphatic carbocycles. The summed E-state index contributed by atoms with van der Waals surface area (Å²) in [6.45, 7) is 0. The van der Waals surface area contributed by atoms with Crippen molar-refractivity contribution in [3.8, 4) is 112 Å². The van der Waals surface area contributed by atoms with Crippen LogP contribution in [0.5, 0.6) is 0 Å². The maximum absolute atomic E-state index is 5.41. The summed E-state index contributed by atoms with van der Waals surface area (Å²) in [5.74, 6) is 1.80. The molecule has 66 heavy (non-hydrogen) atoms. The van der Waals surface area contributed by atoms with Gasteiger partial charge in [0.25, 0.3) is 0 Å². The average Bonchev–Trinajstić information content (AvgIpc) is 3.41. The maximum atomic E-state index is 5.41. The molecular weight excluding hydrogens is 799 g/mol. The molecule has 0 amide bonds. The van der Waals surface area contributed by atoms with E-state index in [-0.39, 0.29) is 0 Å². The molecule has 0 bridgehead atoms. The zero-order chi connectivity index (χ0) is 44.1. The first-order valence-corrected chi connectivity index (χ1v) is 22.4. The largest absolute Gasteiger partial charge is 0.208 e. The standard InChI is InChI=1S/C63H43N3/c1-7-23-44(24-8-1)50-35-21-37-52(41-50)61-64-62(53-38-22-36-51(42-53)45-25-9-2-10-26-45)66-63(65-61)55-40-20-19-39-54(55)57-43-56(46-27-11-3-12-28-46)58(47-29-13-4-14-30-47)60(49-33-17-6-18-34-49)59(57)48-31-15-5-16-32-48/h1-43H. The van der Waals surface area contributed by atoms with Gasteiger partial charge in [-0.3, -0.25) is 0 Å². The lowest BCUT2D eigenvalue weighted by atomic mass is 9.78. The summed E-state index contributed by atoms with van der Waals surface area (Å²) in [4.78, 5) is 16.1. The minimum Gasteiger partial charge on any atom is -0.208 e. The SMILES string of the molecule is c1ccc(-c2cccc(-c3nc(-c4cccc(-c5ccccc5)c4)nc(-c4ccccc4-c4cc(-c5ccccc5)c(-c5ccccc5)c(-c5ccccc5)c4-c4ccccc4)n3)c2)cc1. The molecule has 0 saturated heterocycles. The molecule has 0 atom stereocenters. The molecule has 0 unspecified atom stereocenters. The molecule has 1 heterocycles. The van der Waals surface area contributed by atoms with E-state index in [1.165, 1.54) is 5.56 Å². The third-order valence-electron chi connectivity index (χ3n) is 12.1. The second kappa shape index (κ2) is 18.1. The summed E-state index contributed by atoms with van der Waals surface area (Å²) in [6, 6.07) is 92.1. The van der Waals surface area contributed by atoms with Crippen molar-refractivity contribution in [1.29, 1.82) is 0 Å². The third-order valence-corrected chi connectivity index (χ3v) is 12.1. The normalized spacial score (nSPS) is 11.0. The Labute approximate surface area is 386 Å². The van der Waals surface area contributed by atoms with E-state index in [2.05, 4.69) is 249 Å². The van der Waals surface area contributed by atoms with Gasteiger partial charge in [-0.2, -0.15) is 0 Å². The molecule has 1 aromatic heterocycles. The lowest BCUT2D eigenvalue weighted by Crippen LogP contribution is -2.02. The molecule has 0 N–H and O–H groups in total. The van der Waals surface area contributed by atoms with Gasteiger partial charge in [-0.25, -0.2) is 15.0 Å². The van der Waals surface area contributed by atoms with Gasteiger partial charge < -0.3 is 0 Å². The van der Waals surface area contributed by atoms with Crippen LogP contribution < -0.4 is 0 Å². The molecule has 0 aliphatic rings. The van der Waals surface area contributed by atoms with Crippen LogP contribution in [0, 0.1) is 0 Å². The zero-order valence-electron chi connectivity index (χ0n) is 36.2. The van der Waals surface area contributed by atoms with Crippen LogP contribution >= 0.6 is 0 Å². The second-order valence-corrected chi connectivity index (χ2v) is 16.3. The molecule has 310 valence electrons. The summed E-state index contributed by atoms with van der Waals surface area (Å²) < 4.78 is 0. The Morgan fingerprint density at radius 2 is 0.485 bits per heavy atom. The lowest BCUT2D eigenvalue weighted by molar-refractivity contribution is 1.07. The molecule has 0 radical (unpaired) electrons. The van der Waals surface area contributed by atoms with Gasteiger partial charge in [0.15, 0.2) is 17.5 Å². The van der Waals surface area contributed by atoms with E-state index in [0.29, 0.717) is 17.5 Å². The number of aromatic nitrogens is 3. The average molecular weight is 842 g/mol. The molecule has 0 fully saturated rings. The Bertz CT molecular complexity index is 3330. The third kappa shape index (κ3) is 8.02. The Hall–Kier alpha value is -8.79. The van der Waals surface area contributed by atoms with E-state index in [0.717, 1.165) is 89.0 Å². The quantitative estimate of drug-likeness (QED) is 0.138. The highest BCUT2D eigenvalue weighted by Gasteiger charge is 2.26. The van der Waals surface area contributed by atoms with Crippen molar-refractivity contribution >= 4 is 0 Å². The fourth-order valence-corrected chi connectivity index (χ4v) is 9.05. The predicted octanol–water partition coefficient (Wildman–Crippen LogP) is 16.5. The van der Waals surface area contributed by atoms with E-state index < -0.39 is 0 Å². The Balaban J connectivity index is 1.21. The van der Waals surface area contributed by atoms with Crippen LogP contribution in [0.1, 0.15) is 0 Å². The lowest BCUT2D eigenvalue weighted by Gasteiger charge is -2.25. The van der Waals surface area contributed by atoms with Crippen molar-refractivity contribution in [2.45, 2.75) is 0 Å². The number of rotatable bonds is 10. The highest BCUT2D eigenvalue weighted by atomic mass is 15.0. The Morgan fingerprint density at radius 3 is 0.939 bits per heavy atom. The van der Waals surface area contributed by atoms with Gasteiger partial charge >= 0.3 is 0 Å². The minimum absolute atomic E-state index is 0.592. The van der Waals surface area contributed by atoms with Crippen molar-refractivity contribution in [1.82, 2.24) is 15.0 Å². The number of benzene rings is 10. The number of hydrogen-bond donors (Lipinski definition) is 0. The van der Waals surface area contributed by atoms with Crippen molar-refractivity contribution in [2.75, 3.05) is 0 Å². The molecule has 10 aromatic carbocycles. The Kier molecular flexibility index (Phi) is 11.0. The fourth-order valence-electron chi connectivity index (χ4n) is 9.05. The molecule has 11 aromatic rings. The van der Waals surface area contributed by atoms with Crippen LogP contribution in [0.25, 0.3) is 112 Å². The van der Waals surface area contributed by atoms with Crippen LogP contribution in [0.15, 0.2) is 261 Å². The van der Waals surface area contributed by atoms with Crippen molar-refractivity contribution in [3.05, 3.63) is 261 Å². The van der Waals surface area contributed by atoms with Crippen molar-refractivity contribution in [2.24, 2.45) is 0 Å². The van der Waals surface area contributed by atoms with Gasteiger partial charge in [0.05, 0.1) is 0 Å². The van der Waals surface area contributed by atoms with Gasteiger partial charge in [-0.1, -0.05) is 243 Å². The van der Waals surface area contributed by atoms with Crippen LogP contribution in [0.2, 0.25) is 0 Å². The molecule has 0 spiro atoms. The zero-order valence-corrected chi connectivity index (χ0v) is 36.2. The smallest absolute Gasteiger partial charge is 0.164 e. The van der Waals surface area contributed by atoms with Crippen LogP contribution in [-0.4, -0.2) is 15.0 Å². The van der Waals surface area contributed by atoms with Gasteiger partial charge in [-0.15, -0.1) is 0 Å². The first-order valence-electron chi connectivity index (χ1n) is 22.4. The first-order chi connectivity index (χ1) is 32.7. The van der Waals surface area contributed by atoms with E-state index in [9.17, 15) is 0 Å². The van der Waals surface area contributed by atoms with Gasteiger partial charge in [0, 0.05) is 16.7 Å². The molecule has 11 rings (SSSR count). The number of hydrogen-bond acceptors (Lipinski definition) is 3. The molecule has 0 saturated carbocycles. The second-order valence-electron chi connectivity index (χ2n) is 16.3. The van der Waals surface area contributed by atoms with Gasteiger partial charge in [0.1, 0.15) is 0 Å². The Morgan fingerprint density at radius 1 is 0.167 bits per heavy atom. The van der Waals surface area contributed by atoms with E-state index in [1.807, 2.05) is 12.1 Å². The fraction of sp³-hybridized carbons (Fsp3) is 0. The molecule has 3 nitrogen and oxygen atoms in total. The van der Waals surface area contributed by atoms with Crippen LogP contribution in [0.3, 0.4) is 0 Å². The summed E-state index contributed by atoms with van der Waals surface area (Å²) in [5.41, 5.74) is 18.4. The summed E-state index contributed by atoms with van der Waals surface area (Å²) in [6.07, 6.45) is 0. The molecule has 3 heteroatoms. The topological polar surface area (TPSA) is 38.7 Å². The molecule has 0 aliphatic heterocycles. The number of nitrogens with zero attached hydrogens (tertiary/aromatic N) is 3. The molecular formula is C63H43N3. The monoisotopic (exact) mass is 841 g/mol.